The molecule has 25 heavy (non-hydrogen) atoms. The molecule has 9 heteroatoms. The minimum absolute atomic E-state index is 0.127. The van der Waals surface area contributed by atoms with Crippen LogP contribution in [-0.2, 0) is 14.8 Å². The van der Waals surface area contributed by atoms with Crippen molar-refractivity contribution in [3.05, 3.63) is 43.5 Å². The molecule has 0 spiro atoms. The lowest BCUT2D eigenvalue weighted by molar-refractivity contribution is -0.115. The second-order valence-corrected chi connectivity index (χ2v) is 7.90. The van der Waals surface area contributed by atoms with Crippen LogP contribution in [0.25, 0.3) is 10.2 Å². The third-order valence-corrected chi connectivity index (χ3v) is 5.91. The van der Waals surface area contributed by atoms with Crippen LogP contribution >= 0.6 is 11.3 Å². The quantitative estimate of drug-likeness (QED) is 0.713. The van der Waals surface area contributed by atoms with Crippen molar-refractivity contribution in [3.8, 4) is 6.07 Å². The van der Waals surface area contributed by atoms with E-state index in [4.69, 9.17) is 5.26 Å². The van der Waals surface area contributed by atoms with Crippen molar-refractivity contribution in [1.82, 2.24) is 9.29 Å². The number of thiazole rings is 1. The van der Waals surface area contributed by atoms with Crippen LogP contribution in [0.4, 0.5) is 5.13 Å². The van der Waals surface area contributed by atoms with Crippen molar-refractivity contribution in [2.24, 2.45) is 0 Å². The molecule has 2 aromatic rings. The molecular formula is C16H16N4O3S2. The Morgan fingerprint density at radius 3 is 2.64 bits per heavy atom. The van der Waals surface area contributed by atoms with E-state index in [0.717, 1.165) is 11.3 Å². The van der Waals surface area contributed by atoms with Gasteiger partial charge in [0.05, 0.1) is 21.2 Å². The fourth-order valence-electron chi connectivity index (χ4n) is 2.06. The predicted molar refractivity (Wildman–Crippen MR) is 97.6 cm³/mol. The van der Waals surface area contributed by atoms with Gasteiger partial charge in [0.25, 0.3) is 0 Å². The van der Waals surface area contributed by atoms with Gasteiger partial charge < -0.3 is 5.32 Å². The summed E-state index contributed by atoms with van der Waals surface area (Å²) in [5, 5.41) is 11.3. The molecule has 0 saturated heterocycles. The molecule has 0 atom stereocenters. The molecule has 0 aliphatic rings. The third kappa shape index (κ3) is 4.30. The van der Waals surface area contributed by atoms with Gasteiger partial charge in [-0.05, 0) is 18.2 Å². The number of hydrogen-bond donors (Lipinski definition) is 1. The molecule has 0 bridgehead atoms. The minimum atomic E-state index is -3.70. The zero-order valence-corrected chi connectivity index (χ0v) is 14.9. The standard InChI is InChI=1S/C16H16N4O3S2/c1-3-9-20(10-4-2)25(22,23)12-5-6-13-14(11-12)24-16(18-13)19-15(21)7-8-17/h3-6,11H,1-2,7,9-10H2,(H,18,19,21). The maximum absolute atomic E-state index is 12.7. The van der Waals surface area contributed by atoms with Crippen LogP contribution in [0.15, 0.2) is 48.4 Å². The second-order valence-electron chi connectivity index (χ2n) is 4.93. The number of aromatic nitrogens is 1. The molecule has 1 aromatic heterocycles. The number of hydrogen-bond acceptors (Lipinski definition) is 6. The summed E-state index contributed by atoms with van der Waals surface area (Å²) in [5.41, 5.74) is 0.565. The maximum Gasteiger partial charge on any atom is 0.243 e. The maximum atomic E-state index is 12.7. The predicted octanol–water partition coefficient (Wildman–Crippen LogP) is 2.51. The molecule has 130 valence electrons. The molecule has 0 saturated carbocycles. The average molecular weight is 376 g/mol. The smallest absolute Gasteiger partial charge is 0.243 e. The summed E-state index contributed by atoms with van der Waals surface area (Å²) in [6.07, 6.45) is 2.75. The molecule has 0 aliphatic carbocycles. The van der Waals surface area contributed by atoms with Gasteiger partial charge in [0.15, 0.2) is 5.13 Å². The first kappa shape index (κ1) is 18.8. The highest BCUT2D eigenvalue weighted by Crippen LogP contribution is 2.29. The Bertz CT molecular complexity index is 947. The van der Waals surface area contributed by atoms with E-state index in [1.807, 2.05) is 0 Å². The van der Waals surface area contributed by atoms with E-state index >= 15 is 0 Å². The number of sulfonamides is 1. The van der Waals surface area contributed by atoms with Crippen LogP contribution in [0.3, 0.4) is 0 Å². The molecule has 0 unspecified atom stereocenters. The highest BCUT2D eigenvalue weighted by atomic mass is 32.2. The van der Waals surface area contributed by atoms with Gasteiger partial charge in [0.2, 0.25) is 15.9 Å². The number of nitrogens with zero attached hydrogens (tertiary/aromatic N) is 3. The van der Waals surface area contributed by atoms with Crippen molar-refractivity contribution in [3.63, 3.8) is 0 Å². The van der Waals surface area contributed by atoms with Gasteiger partial charge in [-0.1, -0.05) is 23.5 Å². The van der Waals surface area contributed by atoms with Gasteiger partial charge in [-0.15, -0.1) is 13.2 Å². The van der Waals surface area contributed by atoms with Crippen LogP contribution in [0.2, 0.25) is 0 Å². The Balaban J connectivity index is 2.36. The molecule has 1 heterocycles. The van der Waals surface area contributed by atoms with E-state index in [-0.39, 0.29) is 24.4 Å². The molecule has 7 nitrogen and oxygen atoms in total. The summed E-state index contributed by atoms with van der Waals surface area (Å²) in [6.45, 7) is 7.49. The van der Waals surface area contributed by atoms with Crippen molar-refractivity contribution < 1.29 is 13.2 Å². The average Bonchev–Trinajstić information content (AvgIpc) is 2.95. The van der Waals surface area contributed by atoms with Gasteiger partial charge in [0.1, 0.15) is 6.42 Å². The Hall–Kier alpha value is -2.54. The molecule has 0 fully saturated rings. The summed E-state index contributed by atoms with van der Waals surface area (Å²) >= 11 is 1.14. The van der Waals surface area contributed by atoms with E-state index in [1.165, 1.54) is 28.6 Å². The van der Waals surface area contributed by atoms with Crippen molar-refractivity contribution in [1.29, 1.82) is 5.26 Å². The number of rotatable bonds is 8. The SMILES string of the molecule is C=CCN(CC=C)S(=O)(=O)c1ccc2nc(NC(=O)CC#N)sc2c1. The molecule has 1 amide bonds. The second kappa shape index (κ2) is 8.02. The fourth-order valence-corrected chi connectivity index (χ4v) is 4.47. The first-order valence-corrected chi connectivity index (χ1v) is 9.47. The number of fused-ring (bicyclic) bond motifs is 1. The van der Waals surface area contributed by atoms with E-state index in [2.05, 4.69) is 23.5 Å². The van der Waals surface area contributed by atoms with Crippen LogP contribution in [0.5, 0.6) is 0 Å². The summed E-state index contributed by atoms with van der Waals surface area (Å²) in [4.78, 5) is 15.8. The minimum Gasteiger partial charge on any atom is -0.301 e. The third-order valence-electron chi connectivity index (χ3n) is 3.15. The van der Waals surface area contributed by atoms with E-state index in [0.29, 0.717) is 15.3 Å². The Labute approximate surface area is 150 Å². The topological polar surface area (TPSA) is 103 Å². The zero-order valence-electron chi connectivity index (χ0n) is 13.3. The molecule has 1 aromatic carbocycles. The molecule has 0 radical (unpaired) electrons. The molecule has 2 rings (SSSR count). The number of carbonyl (C=O) groups is 1. The number of amides is 1. The van der Waals surface area contributed by atoms with E-state index in [9.17, 15) is 13.2 Å². The van der Waals surface area contributed by atoms with Gasteiger partial charge >= 0.3 is 0 Å². The van der Waals surface area contributed by atoms with Gasteiger partial charge in [0, 0.05) is 13.1 Å². The lowest BCUT2D eigenvalue weighted by Crippen LogP contribution is -2.31. The highest BCUT2D eigenvalue weighted by Gasteiger charge is 2.23. The monoisotopic (exact) mass is 376 g/mol. The largest absolute Gasteiger partial charge is 0.301 e. The van der Waals surface area contributed by atoms with Crippen LogP contribution in [0.1, 0.15) is 6.42 Å². The molecule has 1 N–H and O–H groups in total. The van der Waals surface area contributed by atoms with Crippen molar-refractivity contribution in [2.45, 2.75) is 11.3 Å². The number of anilines is 1. The number of nitriles is 1. The summed E-state index contributed by atoms with van der Waals surface area (Å²) in [7, 11) is -3.70. The van der Waals surface area contributed by atoms with E-state index in [1.54, 1.807) is 12.1 Å². The Kier molecular flexibility index (Phi) is 6.03. The van der Waals surface area contributed by atoms with Gasteiger partial charge in [-0.2, -0.15) is 9.57 Å². The lowest BCUT2D eigenvalue weighted by atomic mass is 10.3. The molecule has 0 aliphatic heterocycles. The van der Waals surface area contributed by atoms with Crippen molar-refractivity contribution in [2.75, 3.05) is 18.4 Å². The number of benzene rings is 1. The number of carbonyl (C=O) groups excluding carboxylic acids is 1. The normalized spacial score (nSPS) is 11.2. The molecular weight excluding hydrogens is 360 g/mol. The highest BCUT2D eigenvalue weighted by molar-refractivity contribution is 7.89. The fraction of sp³-hybridized carbons (Fsp3) is 0.188. The van der Waals surface area contributed by atoms with Crippen LogP contribution in [-0.4, -0.2) is 36.7 Å². The van der Waals surface area contributed by atoms with Gasteiger partial charge in [-0.25, -0.2) is 13.4 Å². The van der Waals surface area contributed by atoms with Gasteiger partial charge in [-0.3, -0.25) is 4.79 Å². The van der Waals surface area contributed by atoms with Crippen LogP contribution in [0, 0.1) is 11.3 Å². The summed E-state index contributed by atoms with van der Waals surface area (Å²) in [6, 6.07) is 6.32. The van der Waals surface area contributed by atoms with Crippen LogP contribution < -0.4 is 5.32 Å². The first-order chi connectivity index (χ1) is 11.9. The van der Waals surface area contributed by atoms with Crippen molar-refractivity contribution >= 4 is 42.6 Å². The first-order valence-electron chi connectivity index (χ1n) is 7.21. The Morgan fingerprint density at radius 2 is 2.04 bits per heavy atom. The number of nitrogens with one attached hydrogen (secondary N) is 1. The summed E-state index contributed by atoms with van der Waals surface area (Å²) in [5.74, 6) is -0.461. The van der Waals surface area contributed by atoms with E-state index < -0.39 is 15.9 Å². The lowest BCUT2D eigenvalue weighted by Gasteiger charge is -2.18. The zero-order chi connectivity index (χ0) is 18.4. The summed E-state index contributed by atoms with van der Waals surface area (Å²) < 4.78 is 27.3. The Morgan fingerprint density at radius 1 is 1.36 bits per heavy atom.